The molecule has 0 saturated heterocycles. The zero-order valence-corrected chi connectivity index (χ0v) is 9.26. The van der Waals surface area contributed by atoms with Crippen molar-refractivity contribution >= 4 is 0 Å². The summed E-state index contributed by atoms with van der Waals surface area (Å²) < 4.78 is 47.4. The van der Waals surface area contributed by atoms with E-state index >= 15 is 0 Å². The molecule has 90 valence electrons. The number of benzene rings is 1. The molecule has 2 nitrogen and oxygen atoms in total. The van der Waals surface area contributed by atoms with Crippen LogP contribution in [0.2, 0.25) is 0 Å². The van der Waals surface area contributed by atoms with Gasteiger partial charge in [-0.1, -0.05) is 0 Å². The summed E-state index contributed by atoms with van der Waals surface area (Å²) in [4.78, 5) is 0. The molecule has 0 aliphatic heterocycles. The van der Waals surface area contributed by atoms with Crippen molar-refractivity contribution in [3.05, 3.63) is 23.8 Å². The monoisotopic (exact) mass is 234 g/mol. The minimum Gasteiger partial charge on any atom is -0.497 e. The summed E-state index contributed by atoms with van der Waals surface area (Å²) in [5.41, 5.74) is 0.128. The number of halogens is 3. The van der Waals surface area contributed by atoms with Crippen molar-refractivity contribution in [1.29, 1.82) is 0 Å². The van der Waals surface area contributed by atoms with E-state index in [-0.39, 0.29) is 5.56 Å². The molecule has 1 rings (SSSR count). The van der Waals surface area contributed by atoms with Gasteiger partial charge >= 0.3 is 6.18 Å². The molecule has 0 saturated carbocycles. The second-order valence-electron chi connectivity index (χ2n) is 3.41. The summed E-state index contributed by atoms with van der Waals surface area (Å²) in [7, 11) is 2.80. The SMILES string of the molecule is COc1cc(OC)cc(C(C)C(F)(F)F)c1. The third kappa shape index (κ3) is 2.81. The Morgan fingerprint density at radius 3 is 1.75 bits per heavy atom. The molecule has 0 radical (unpaired) electrons. The van der Waals surface area contributed by atoms with Crippen LogP contribution in [0, 0.1) is 0 Å². The molecule has 5 heteroatoms. The van der Waals surface area contributed by atoms with E-state index in [1.807, 2.05) is 0 Å². The highest BCUT2D eigenvalue weighted by Gasteiger charge is 2.37. The van der Waals surface area contributed by atoms with E-state index in [0.29, 0.717) is 11.5 Å². The van der Waals surface area contributed by atoms with Crippen molar-refractivity contribution in [1.82, 2.24) is 0 Å². The molecule has 0 aliphatic rings. The average Bonchev–Trinajstić information content (AvgIpc) is 2.26. The second-order valence-corrected chi connectivity index (χ2v) is 3.41. The zero-order chi connectivity index (χ0) is 12.3. The van der Waals surface area contributed by atoms with Gasteiger partial charge in [0, 0.05) is 6.07 Å². The summed E-state index contributed by atoms with van der Waals surface area (Å²) in [5, 5.41) is 0. The highest BCUT2D eigenvalue weighted by Crippen LogP contribution is 2.37. The summed E-state index contributed by atoms with van der Waals surface area (Å²) in [6, 6.07) is 4.26. The molecule has 0 N–H and O–H groups in total. The summed E-state index contributed by atoms with van der Waals surface area (Å²) in [5.74, 6) is -0.840. The lowest BCUT2D eigenvalue weighted by Crippen LogP contribution is -2.17. The van der Waals surface area contributed by atoms with Crippen molar-refractivity contribution in [3.63, 3.8) is 0 Å². The molecule has 0 bridgehead atoms. The number of hydrogen-bond donors (Lipinski definition) is 0. The third-order valence-corrected chi connectivity index (χ3v) is 2.36. The molecule has 1 unspecified atom stereocenters. The Kier molecular flexibility index (Phi) is 3.67. The Morgan fingerprint density at radius 2 is 1.44 bits per heavy atom. The summed E-state index contributed by atoms with van der Waals surface area (Å²) in [6.45, 7) is 1.11. The van der Waals surface area contributed by atoms with Crippen LogP contribution in [0.4, 0.5) is 13.2 Å². The van der Waals surface area contributed by atoms with Crippen molar-refractivity contribution in [2.75, 3.05) is 14.2 Å². The van der Waals surface area contributed by atoms with Crippen LogP contribution < -0.4 is 9.47 Å². The molecular formula is C11H13F3O2. The first-order chi connectivity index (χ1) is 7.38. The van der Waals surface area contributed by atoms with Gasteiger partial charge in [0.1, 0.15) is 11.5 Å². The maximum atomic E-state index is 12.5. The number of rotatable bonds is 3. The van der Waals surface area contributed by atoms with Gasteiger partial charge in [-0.15, -0.1) is 0 Å². The molecule has 0 heterocycles. The van der Waals surface area contributed by atoms with Crippen LogP contribution in [-0.2, 0) is 0 Å². The Hall–Kier alpha value is -1.39. The van der Waals surface area contributed by atoms with Crippen LogP contribution >= 0.6 is 0 Å². The van der Waals surface area contributed by atoms with E-state index in [2.05, 4.69) is 0 Å². The molecule has 1 atom stereocenters. The van der Waals surface area contributed by atoms with Gasteiger partial charge < -0.3 is 9.47 Å². The minimum atomic E-state index is -4.27. The van der Waals surface area contributed by atoms with Gasteiger partial charge in [-0.25, -0.2) is 0 Å². The number of hydrogen-bond acceptors (Lipinski definition) is 2. The van der Waals surface area contributed by atoms with E-state index in [1.54, 1.807) is 0 Å². The fourth-order valence-corrected chi connectivity index (χ4v) is 1.27. The highest BCUT2D eigenvalue weighted by atomic mass is 19.4. The van der Waals surface area contributed by atoms with Gasteiger partial charge in [0.15, 0.2) is 0 Å². The molecule has 0 spiro atoms. The van der Waals surface area contributed by atoms with E-state index in [4.69, 9.17) is 9.47 Å². The average molecular weight is 234 g/mol. The zero-order valence-electron chi connectivity index (χ0n) is 9.26. The molecule has 1 aromatic rings. The largest absolute Gasteiger partial charge is 0.497 e. The summed E-state index contributed by atoms with van der Waals surface area (Å²) in [6.07, 6.45) is -4.27. The van der Waals surface area contributed by atoms with Crippen molar-refractivity contribution in [2.24, 2.45) is 0 Å². The molecule has 16 heavy (non-hydrogen) atoms. The quantitative estimate of drug-likeness (QED) is 0.798. The maximum absolute atomic E-state index is 12.5. The first-order valence-corrected chi connectivity index (χ1v) is 4.68. The standard InChI is InChI=1S/C11H13F3O2/c1-7(11(12,13)14)8-4-9(15-2)6-10(5-8)16-3/h4-7H,1-3H3. The van der Waals surface area contributed by atoms with Gasteiger partial charge in [0.05, 0.1) is 20.1 Å². The van der Waals surface area contributed by atoms with Gasteiger partial charge in [0.2, 0.25) is 0 Å². The molecule has 0 aromatic heterocycles. The molecule has 0 aliphatic carbocycles. The lowest BCUT2D eigenvalue weighted by atomic mass is 10.00. The van der Waals surface area contributed by atoms with Crippen LogP contribution in [0.25, 0.3) is 0 Å². The molecule has 1 aromatic carbocycles. The fraction of sp³-hybridized carbons (Fsp3) is 0.455. The maximum Gasteiger partial charge on any atom is 0.395 e. The lowest BCUT2D eigenvalue weighted by Gasteiger charge is -2.17. The molecule has 0 amide bonds. The number of ether oxygens (including phenoxy) is 2. The van der Waals surface area contributed by atoms with Crippen molar-refractivity contribution in [2.45, 2.75) is 19.0 Å². The van der Waals surface area contributed by atoms with Crippen molar-refractivity contribution < 1.29 is 22.6 Å². The third-order valence-electron chi connectivity index (χ3n) is 2.36. The Morgan fingerprint density at radius 1 is 1.00 bits per heavy atom. The van der Waals surface area contributed by atoms with Crippen LogP contribution in [0.3, 0.4) is 0 Å². The van der Waals surface area contributed by atoms with Gasteiger partial charge in [-0.3, -0.25) is 0 Å². The predicted molar refractivity (Wildman–Crippen MR) is 54.0 cm³/mol. The van der Waals surface area contributed by atoms with Gasteiger partial charge in [-0.05, 0) is 24.6 Å². The van der Waals surface area contributed by atoms with Crippen molar-refractivity contribution in [3.8, 4) is 11.5 Å². The molecular weight excluding hydrogens is 221 g/mol. The van der Waals surface area contributed by atoms with Gasteiger partial charge in [-0.2, -0.15) is 13.2 Å². The smallest absolute Gasteiger partial charge is 0.395 e. The Bertz CT molecular complexity index is 338. The van der Waals surface area contributed by atoms with E-state index in [9.17, 15) is 13.2 Å². The lowest BCUT2D eigenvalue weighted by molar-refractivity contribution is -0.146. The number of alkyl halides is 3. The van der Waals surface area contributed by atoms with Crippen LogP contribution in [-0.4, -0.2) is 20.4 Å². The summed E-state index contributed by atoms with van der Waals surface area (Å²) >= 11 is 0. The second kappa shape index (κ2) is 4.63. The number of methoxy groups -OCH3 is 2. The normalized spacial score (nSPS) is 13.4. The van der Waals surface area contributed by atoms with Crippen LogP contribution in [0.15, 0.2) is 18.2 Å². The van der Waals surface area contributed by atoms with E-state index in [1.165, 1.54) is 32.4 Å². The highest BCUT2D eigenvalue weighted by molar-refractivity contribution is 5.40. The molecule has 0 fully saturated rings. The fourth-order valence-electron chi connectivity index (χ4n) is 1.27. The van der Waals surface area contributed by atoms with E-state index < -0.39 is 12.1 Å². The Balaban J connectivity index is 3.13. The first kappa shape index (κ1) is 12.7. The predicted octanol–water partition coefficient (Wildman–Crippen LogP) is 3.37. The van der Waals surface area contributed by atoms with Crippen LogP contribution in [0.5, 0.6) is 11.5 Å². The van der Waals surface area contributed by atoms with Crippen LogP contribution in [0.1, 0.15) is 18.4 Å². The minimum absolute atomic E-state index is 0.128. The topological polar surface area (TPSA) is 18.5 Å². The van der Waals surface area contributed by atoms with E-state index in [0.717, 1.165) is 6.92 Å². The van der Waals surface area contributed by atoms with Gasteiger partial charge in [0.25, 0.3) is 0 Å². The first-order valence-electron chi connectivity index (χ1n) is 4.68. The Labute approximate surface area is 92.0 Å².